The van der Waals surface area contributed by atoms with Gasteiger partial charge in [0.05, 0.1) is 11.2 Å². The van der Waals surface area contributed by atoms with E-state index in [1.165, 1.54) is 0 Å². The average Bonchev–Trinajstić information content (AvgIpc) is 2.91. The van der Waals surface area contributed by atoms with E-state index < -0.39 is 0 Å². The van der Waals surface area contributed by atoms with Crippen molar-refractivity contribution in [3.63, 3.8) is 0 Å². The summed E-state index contributed by atoms with van der Waals surface area (Å²) in [5, 5.41) is 10.2. The number of nitrogens with one attached hydrogen (secondary N) is 3. The van der Waals surface area contributed by atoms with Gasteiger partial charge in [0.1, 0.15) is 5.82 Å². The zero-order valence-corrected chi connectivity index (χ0v) is 22.3. The number of aromatic nitrogens is 2. The van der Waals surface area contributed by atoms with Gasteiger partial charge in [0, 0.05) is 41.0 Å². The largest absolute Gasteiger partial charge is 0.369 e. The maximum Gasteiger partial charge on any atom is 0.255 e. The molecule has 1 heterocycles. The van der Waals surface area contributed by atoms with E-state index in [1.54, 1.807) is 24.3 Å². The summed E-state index contributed by atoms with van der Waals surface area (Å²) in [7, 11) is 4.11. The quantitative estimate of drug-likeness (QED) is 0.175. The van der Waals surface area contributed by atoms with E-state index in [9.17, 15) is 9.59 Å². The number of fused-ring (bicyclic) bond motifs is 1. The van der Waals surface area contributed by atoms with Gasteiger partial charge in [-0.25, -0.2) is 9.97 Å². The lowest BCUT2D eigenvalue weighted by Gasteiger charge is -2.15. The van der Waals surface area contributed by atoms with Crippen molar-refractivity contribution in [1.82, 2.24) is 14.9 Å². The molecule has 3 aromatic carbocycles. The van der Waals surface area contributed by atoms with Gasteiger partial charge in [-0.15, -0.1) is 11.6 Å². The normalized spacial score (nSPS) is 10.9. The van der Waals surface area contributed by atoms with Crippen LogP contribution in [0.1, 0.15) is 23.2 Å². The summed E-state index contributed by atoms with van der Waals surface area (Å²) in [5.41, 5.74) is 3.20. The monoisotopic (exact) mass is 530 g/mol. The van der Waals surface area contributed by atoms with Crippen LogP contribution in [0.4, 0.5) is 17.2 Å². The van der Waals surface area contributed by atoms with Crippen molar-refractivity contribution in [2.24, 2.45) is 0 Å². The molecule has 0 saturated heterocycles. The van der Waals surface area contributed by atoms with Crippen molar-refractivity contribution in [3.05, 3.63) is 78.4 Å². The molecule has 196 valence electrons. The van der Waals surface area contributed by atoms with Crippen LogP contribution in [0.2, 0.25) is 0 Å². The molecule has 1 aromatic heterocycles. The number of para-hydroxylation sites is 2. The van der Waals surface area contributed by atoms with Crippen LogP contribution in [-0.2, 0) is 4.79 Å². The first-order valence-corrected chi connectivity index (χ1v) is 13.0. The summed E-state index contributed by atoms with van der Waals surface area (Å²) in [5.74, 6) is 1.08. The van der Waals surface area contributed by atoms with Crippen LogP contribution in [0.3, 0.4) is 0 Å². The molecule has 9 heteroatoms. The van der Waals surface area contributed by atoms with E-state index in [-0.39, 0.29) is 24.1 Å². The number of nitrogens with zero attached hydrogens (tertiary/aromatic N) is 3. The van der Waals surface area contributed by atoms with Crippen LogP contribution in [0, 0.1) is 0 Å². The summed E-state index contributed by atoms with van der Waals surface area (Å²) in [4.78, 5) is 36.6. The number of halogens is 1. The number of carbonyl (C=O) groups excluding carboxylic acids is 2. The number of alkyl halides is 1. The molecule has 8 nitrogen and oxygen atoms in total. The third kappa shape index (κ3) is 7.06. The van der Waals surface area contributed by atoms with Gasteiger partial charge >= 0.3 is 0 Å². The first kappa shape index (κ1) is 27.0. The molecule has 0 saturated carbocycles. The Morgan fingerprint density at radius 1 is 0.895 bits per heavy atom. The van der Waals surface area contributed by atoms with Gasteiger partial charge in [0.15, 0.2) is 5.82 Å². The number of carbonyl (C=O) groups is 2. The minimum Gasteiger partial charge on any atom is -0.369 e. The van der Waals surface area contributed by atoms with E-state index in [2.05, 4.69) is 34.9 Å². The fourth-order valence-electron chi connectivity index (χ4n) is 3.93. The highest BCUT2D eigenvalue weighted by atomic mass is 35.5. The molecule has 0 aliphatic rings. The third-order valence-electron chi connectivity index (χ3n) is 5.85. The lowest BCUT2D eigenvalue weighted by atomic mass is 10.1. The van der Waals surface area contributed by atoms with Crippen molar-refractivity contribution in [3.8, 4) is 11.4 Å². The number of benzene rings is 3. The Bertz CT molecular complexity index is 1410. The van der Waals surface area contributed by atoms with E-state index >= 15 is 0 Å². The van der Waals surface area contributed by atoms with Gasteiger partial charge in [0.25, 0.3) is 5.91 Å². The maximum atomic E-state index is 13.1. The first-order valence-electron chi connectivity index (χ1n) is 12.5. The van der Waals surface area contributed by atoms with Gasteiger partial charge < -0.3 is 20.9 Å². The predicted molar refractivity (Wildman–Crippen MR) is 155 cm³/mol. The smallest absolute Gasteiger partial charge is 0.255 e. The van der Waals surface area contributed by atoms with Gasteiger partial charge in [0.2, 0.25) is 5.91 Å². The Morgan fingerprint density at radius 3 is 2.39 bits per heavy atom. The molecule has 2 amide bonds. The highest BCUT2D eigenvalue weighted by Gasteiger charge is 2.15. The van der Waals surface area contributed by atoms with E-state index in [1.807, 2.05) is 48.5 Å². The standard InChI is InChI=1S/C29H31ClN6O2/c1-36(2)19-7-18-31-27-22-8-3-5-10-24(22)33-28(35-27)23-9-4-6-11-25(23)34-29(38)20-12-14-21(15-13-20)32-26(37)16-17-30/h3-6,8-15H,7,16-19H2,1-2H3,(H,32,37)(H,34,38)(H,31,33,35). The molecule has 0 spiro atoms. The van der Waals surface area contributed by atoms with Crippen LogP contribution in [-0.4, -0.2) is 59.7 Å². The van der Waals surface area contributed by atoms with Crippen LogP contribution in [0.25, 0.3) is 22.3 Å². The predicted octanol–water partition coefficient (Wildman–Crippen LogP) is 5.48. The fraction of sp³-hybridized carbons (Fsp3) is 0.241. The number of hydrogen-bond acceptors (Lipinski definition) is 6. The summed E-state index contributed by atoms with van der Waals surface area (Å²) in [6, 6.07) is 22.1. The van der Waals surface area contributed by atoms with Gasteiger partial charge in [-0.1, -0.05) is 24.3 Å². The van der Waals surface area contributed by atoms with Crippen molar-refractivity contribution >= 4 is 51.5 Å². The van der Waals surface area contributed by atoms with E-state index in [0.717, 1.165) is 36.2 Å². The van der Waals surface area contributed by atoms with Crippen LogP contribution < -0.4 is 16.0 Å². The lowest BCUT2D eigenvalue weighted by molar-refractivity contribution is -0.115. The molecule has 0 bridgehead atoms. The Balaban J connectivity index is 1.56. The zero-order chi connectivity index (χ0) is 26.9. The maximum absolute atomic E-state index is 13.1. The van der Waals surface area contributed by atoms with Crippen molar-refractivity contribution in [1.29, 1.82) is 0 Å². The minimum absolute atomic E-state index is 0.173. The molecule has 0 aliphatic carbocycles. The molecular formula is C29H31ClN6O2. The second-order valence-electron chi connectivity index (χ2n) is 9.06. The van der Waals surface area contributed by atoms with E-state index in [0.29, 0.717) is 28.3 Å². The Labute approximate surface area is 227 Å². The van der Waals surface area contributed by atoms with Crippen LogP contribution >= 0.6 is 11.6 Å². The summed E-state index contributed by atoms with van der Waals surface area (Å²) >= 11 is 5.61. The minimum atomic E-state index is -0.279. The third-order valence-corrected chi connectivity index (χ3v) is 6.04. The number of amides is 2. The molecule has 0 aliphatic heterocycles. The Kier molecular flexibility index (Phi) is 9.24. The Hall–Kier alpha value is -4.01. The lowest BCUT2D eigenvalue weighted by Crippen LogP contribution is -2.17. The molecule has 0 fully saturated rings. The molecule has 4 rings (SSSR count). The molecule has 3 N–H and O–H groups in total. The first-order chi connectivity index (χ1) is 18.4. The zero-order valence-electron chi connectivity index (χ0n) is 21.5. The van der Waals surface area contributed by atoms with Crippen LogP contribution in [0.15, 0.2) is 72.8 Å². The highest BCUT2D eigenvalue weighted by molar-refractivity contribution is 6.19. The number of hydrogen-bond donors (Lipinski definition) is 3. The van der Waals surface area contributed by atoms with Gasteiger partial charge in [-0.2, -0.15) is 0 Å². The molecule has 0 unspecified atom stereocenters. The molecular weight excluding hydrogens is 500 g/mol. The molecule has 0 radical (unpaired) electrons. The topological polar surface area (TPSA) is 99.2 Å². The SMILES string of the molecule is CN(C)CCCNc1nc(-c2ccccc2NC(=O)c2ccc(NC(=O)CCCl)cc2)nc2ccccc12. The second kappa shape index (κ2) is 13.0. The fourth-order valence-corrected chi connectivity index (χ4v) is 4.10. The highest BCUT2D eigenvalue weighted by Crippen LogP contribution is 2.30. The Morgan fingerprint density at radius 2 is 1.63 bits per heavy atom. The second-order valence-corrected chi connectivity index (χ2v) is 9.44. The van der Waals surface area contributed by atoms with Gasteiger partial charge in [-0.05, 0) is 75.6 Å². The average molecular weight is 531 g/mol. The van der Waals surface area contributed by atoms with Crippen LogP contribution in [0.5, 0.6) is 0 Å². The van der Waals surface area contributed by atoms with E-state index in [4.69, 9.17) is 21.6 Å². The molecule has 0 atom stereocenters. The summed E-state index contributed by atoms with van der Waals surface area (Å²) in [6.07, 6.45) is 1.20. The van der Waals surface area contributed by atoms with Gasteiger partial charge in [-0.3, -0.25) is 9.59 Å². The molecule has 4 aromatic rings. The number of rotatable bonds is 11. The number of anilines is 3. The van der Waals surface area contributed by atoms with Crippen molar-refractivity contribution in [2.45, 2.75) is 12.8 Å². The van der Waals surface area contributed by atoms with Crippen molar-refractivity contribution < 1.29 is 9.59 Å². The summed E-state index contributed by atoms with van der Waals surface area (Å²) < 4.78 is 0. The molecule has 38 heavy (non-hydrogen) atoms. The summed E-state index contributed by atoms with van der Waals surface area (Å²) in [6.45, 7) is 1.75. The van der Waals surface area contributed by atoms with Crippen molar-refractivity contribution in [2.75, 3.05) is 49.0 Å².